The SMILES string of the molecule is CNC(COCCOCCCOC)c1cc(C)ccc1C. The van der Waals surface area contributed by atoms with E-state index in [1.807, 2.05) is 7.05 Å². The molecule has 4 nitrogen and oxygen atoms in total. The molecular formula is C17H29NO3. The van der Waals surface area contributed by atoms with Gasteiger partial charge < -0.3 is 19.5 Å². The predicted molar refractivity (Wildman–Crippen MR) is 85.8 cm³/mol. The summed E-state index contributed by atoms with van der Waals surface area (Å²) < 4.78 is 16.2. The summed E-state index contributed by atoms with van der Waals surface area (Å²) in [4.78, 5) is 0. The molecule has 120 valence electrons. The van der Waals surface area contributed by atoms with E-state index in [0.29, 0.717) is 19.8 Å². The Bertz CT molecular complexity index is 396. The summed E-state index contributed by atoms with van der Waals surface area (Å²) >= 11 is 0. The predicted octanol–water partition coefficient (Wildman–Crippen LogP) is 2.63. The average Bonchev–Trinajstić information content (AvgIpc) is 2.49. The number of likely N-dealkylation sites (N-methyl/N-ethyl adjacent to an activating group) is 1. The Hall–Kier alpha value is -0.940. The number of ether oxygens (including phenoxy) is 3. The molecule has 1 N–H and O–H groups in total. The highest BCUT2D eigenvalue weighted by Gasteiger charge is 2.12. The molecule has 0 heterocycles. The van der Waals surface area contributed by atoms with Gasteiger partial charge in [0.1, 0.15) is 0 Å². The van der Waals surface area contributed by atoms with Crippen molar-refractivity contribution < 1.29 is 14.2 Å². The highest BCUT2D eigenvalue weighted by atomic mass is 16.5. The normalized spacial score (nSPS) is 12.6. The van der Waals surface area contributed by atoms with Crippen LogP contribution in [0.5, 0.6) is 0 Å². The zero-order valence-corrected chi connectivity index (χ0v) is 13.8. The van der Waals surface area contributed by atoms with E-state index in [1.165, 1.54) is 16.7 Å². The Morgan fingerprint density at radius 2 is 1.81 bits per heavy atom. The molecule has 1 aromatic carbocycles. The summed E-state index contributed by atoms with van der Waals surface area (Å²) in [5.41, 5.74) is 3.87. The number of benzene rings is 1. The Kier molecular flexibility index (Phi) is 9.26. The van der Waals surface area contributed by atoms with Crippen LogP contribution in [0.15, 0.2) is 18.2 Å². The van der Waals surface area contributed by atoms with Crippen molar-refractivity contribution in [1.29, 1.82) is 0 Å². The molecule has 1 aromatic rings. The summed E-state index contributed by atoms with van der Waals surface area (Å²) in [5.74, 6) is 0. The van der Waals surface area contributed by atoms with E-state index in [9.17, 15) is 0 Å². The van der Waals surface area contributed by atoms with Crippen LogP contribution in [0.4, 0.5) is 0 Å². The number of hydrogen-bond donors (Lipinski definition) is 1. The minimum Gasteiger partial charge on any atom is -0.385 e. The van der Waals surface area contributed by atoms with Gasteiger partial charge in [-0.2, -0.15) is 0 Å². The molecule has 1 unspecified atom stereocenters. The molecule has 21 heavy (non-hydrogen) atoms. The van der Waals surface area contributed by atoms with Crippen LogP contribution in [0.1, 0.15) is 29.2 Å². The quantitative estimate of drug-likeness (QED) is 0.637. The second-order valence-corrected chi connectivity index (χ2v) is 5.23. The topological polar surface area (TPSA) is 39.7 Å². The Labute approximate surface area is 128 Å². The van der Waals surface area contributed by atoms with Crippen LogP contribution in [-0.2, 0) is 14.2 Å². The number of aryl methyl sites for hydroxylation is 2. The number of hydrogen-bond acceptors (Lipinski definition) is 4. The zero-order chi connectivity index (χ0) is 15.5. The van der Waals surface area contributed by atoms with E-state index in [1.54, 1.807) is 7.11 Å². The lowest BCUT2D eigenvalue weighted by atomic mass is 9.99. The van der Waals surface area contributed by atoms with Crippen molar-refractivity contribution in [2.75, 3.05) is 47.2 Å². The summed E-state index contributed by atoms with van der Waals surface area (Å²) in [5, 5.41) is 3.32. The van der Waals surface area contributed by atoms with Gasteiger partial charge in [0, 0.05) is 20.3 Å². The van der Waals surface area contributed by atoms with E-state index in [-0.39, 0.29) is 6.04 Å². The number of rotatable bonds is 11. The van der Waals surface area contributed by atoms with E-state index in [0.717, 1.165) is 19.6 Å². The molecule has 0 saturated carbocycles. The molecule has 0 aliphatic heterocycles. The van der Waals surface area contributed by atoms with Gasteiger partial charge in [0.05, 0.1) is 25.9 Å². The highest BCUT2D eigenvalue weighted by molar-refractivity contribution is 5.33. The summed E-state index contributed by atoms with van der Waals surface area (Å²) in [6.45, 7) is 7.63. The van der Waals surface area contributed by atoms with Crippen molar-refractivity contribution in [3.63, 3.8) is 0 Å². The lowest BCUT2D eigenvalue weighted by Crippen LogP contribution is -2.23. The van der Waals surface area contributed by atoms with Crippen molar-refractivity contribution in [2.24, 2.45) is 0 Å². The molecular weight excluding hydrogens is 266 g/mol. The summed E-state index contributed by atoms with van der Waals surface area (Å²) in [7, 11) is 3.67. The molecule has 0 fully saturated rings. The number of nitrogens with one attached hydrogen (secondary N) is 1. The average molecular weight is 295 g/mol. The fourth-order valence-electron chi connectivity index (χ4n) is 2.19. The Morgan fingerprint density at radius 3 is 2.52 bits per heavy atom. The highest BCUT2D eigenvalue weighted by Crippen LogP contribution is 2.19. The first-order valence-electron chi connectivity index (χ1n) is 7.58. The van der Waals surface area contributed by atoms with Gasteiger partial charge >= 0.3 is 0 Å². The van der Waals surface area contributed by atoms with E-state index >= 15 is 0 Å². The van der Waals surface area contributed by atoms with E-state index < -0.39 is 0 Å². The van der Waals surface area contributed by atoms with Gasteiger partial charge in [0.15, 0.2) is 0 Å². The minimum atomic E-state index is 0.221. The molecule has 1 rings (SSSR count). The van der Waals surface area contributed by atoms with Crippen LogP contribution < -0.4 is 5.32 Å². The first kappa shape index (κ1) is 18.1. The maximum atomic E-state index is 5.72. The molecule has 1 atom stereocenters. The van der Waals surface area contributed by atoms with E-state index in [2.05, 4.69) is 37.4 Å². The third-order valence-corrected chi connectivity index (χ3v) is 3.45. The van der Waals surface area contributed by atoms with Gasteiger partial charge in [-0.1, -0.05) is 23.8 Å². The molecule has 4 heteroatoms. The monoisotopic (exact) mass is 295 g/mol. The van der Waals surface area contributed by atoms with Crippen molar-refractivity contribution in [3.8, 4) is 0 Å². The first-order valence-corrected chi connectivity index (χ1v) is 7.58. The van der Waals surface area contributed by atoms with Crippen molar-refractivity contribution in [3.05, 3.63) is 34.9 Å². The standard InChI is InChI=1S/C17H29NO3/c1-14-6-7-15(2)16(12-14)17(18-3)13-21-11-10-20-9-5-8-19-4/h6-7,12,17-18H,5,8-11,13H2,1-4H3. The van der Waals surface area contributed by atoms with Crippen LogP contribution in [0, 0.1) is 13.8 Å². The summed E-state index contributed by atoms with van der Waals surface area (Å²) in [6, 6.07) is 6.74. The molecule has 0 bridgehead atoms. The first-order chi connectivity index (χ1) is 10.2. The lowest BCUT2D eigenvalue weighted by Gasteiger charge is -2.19. The van der Waals surface area contributed by atoms with Crippen LogP contribution in [0.25, 0.3) is 0 Å². The van der Waals surface area contributed by atoms with Crippen LogP contribution in [0.3, 0.4) is 0 Å². The fourth-order valence-corrected chi connectivity index (χ4v) is 2.19. The van der Waals surface area contributed by atoms with Crippen molar-refractivity contribution in [2.45, 2.75) is 26.3 Å². The Morgan fingerprint density at radius 1 is 1.05 bits per heavy atom. The lowest BCUT2D eigenvalue weighted by molar-refractivity contribution is 0.0330. The largest absolute Gasteiger partial charge is 0.385 e. The van der Waals surface area contributed by atoms with Crippen molar-refractivity contribution >= 4 is 0 Å². The van der Waals surface area contributed by atoms with E-state index in [4.69, 9.17) is 14.2 Å². The molecule has 0 aliphatic rings. The third kappa shape index (κ3) is 7.05. The van der Waals surface area contributed by atoms with Gasteiger partial charge in [0.25, 0.3) is 0 Å². The maximum absolute atomic E-state index is 5.72. The number of methoxy groups -OCH3 is 1. The maximum Gasteiger partial charge on any atom is 0.0701 e. The smallest absolute Gasteiger partial charge is 0.0701 e. The molecule has 0 aliphatic carbocycles. The van der Waals surface area contributed by atoms with Crippen LogP contribution in [0.2, 0.25) is 0 Å². The molecule has 0 spiro atoms. The second-order valence-electron chi connectivity index (χ2n) is 5.23. The molecule has 0 aromatic heterocycles. The van der Waals surface area contributed by atoms with Crippen LogP contribution >= 0.6 is 0 Å². The zero-order valence-electron chi connectivity index (χ0n) is 13.8. The third-order valence-electron chi connectivity index (χ3n) is 3.45. The molecule has 0 radical (unpaired) electrons. The van der Waals surface area contributed by atoms with Crippen LogP contribution in [-0.4, -0.2) is 47.2 Å². The fraction of sp³-hybridized carbons (Fsp3) is 0.647. The minimum absolute atomic E-state index is 0.221. The van der Waals surface area contributed by atoms with Gasteiger partial charge in [-0.15, -0.1) is 0 Å². The Balaban J connectivity index is 2.27. The van der Waals surface area contributed by atoms with Gasteiger partial charge in [-0.25, -0.2) is 0 Å². The summed E-state index contributed by atoms with van der Waals surface area (Å²) in [6.07, 6.45) is 0.929. The van der Waals surface area contributed by atoms with Gasteiger partial charge in [-0.3, -0.25) is 0 Å². The van der Waals surface area contributed by atoms with Gasteiger partial charge in [0.2, 0.25) is 0 Å². The van der Waals surface area contributed by atoms with Crippen molar-refractivity contribution in [1.82, 2.24) is 5.32 Å². The molecule has 0 saturated heterocycles. The molecule has 0 amide bonds. The van der Waals surface area contributed by atoms with Gasteiger partial charge in [-0.05, 0) is 38.4 Å². The second kappa shape index (κ2) is 10.7.